The summed E-state index contributed by atoms with van der Waals surface area (Å²) < 4.78 is 51.7. The molecule has 0 aliphatic carbocycles. The average molecular weight is 765 g/mol. The van der Waals surface area contributed by atoms with Crippen LogP contribution in [0.5, 0.6) is 0 Å². The number of halogens is 4. The molecule has 0 bridgehead atoms. The second-order valence-corrected chi connectivity index (χ2v) is 13.6. The third-order valence-electron chi connectivity index (χ3n) is 7.36. The van der Waals surface area contributed by atoms with E-state index in [4.69, 9.17) is 21.1 Å². The summed E-state index contributed by atoms with van der Waals surface area (Å²) in [4.78, 5) is 78.2. The van der Waals surface area contributed by atoms with Gasteiger partial charge in [0.15, 0.2) is 0 Å². The highest BCUT2D eigenvalue weighted by Gasteiger charge is 2.45. The van der Waals surface area contributed by atoms with Gasteiger partial charge in [0.05, 0.1) is 13.2 Å². The van der Waals surface area contributed by atoms with E-state index in [1.165, 1.54) is 51.4 Å². The molecule has 1 aromatic heterocycles. The Morgan fingerprint density at radius 1 is 0.981 bits per heavy atom. The molecule has 0 aliphatic rings. The van der Waals surface area contributed by atoms with E-state index in [0.717, 1.165) is 10.6 Å². The molecule has 3 atom stereocenters. The smallest absolute Gasteiger partial charge is 0.452 e. The molecule has 3 N–H and O–H groups in total. The van der Waals surface area contributed by atoms with Crippen molar-refractivity contribution in [1.29, 1.82) is 0 Å². The lowest BCUT2D eigenvalue weighted by atomic mass is 9.97. The van der Waals surface area contributed by atoms with E-state index in [9.17, 15) is 41.9 Å². The van der Waals surface area contributed by atoms with Gasteiger partial charge in [0.25, 0.3) is 17.2 Å². The number of alkyl halides is 3. The fraction of sp³-hybridized carbons (Fsp3) is 0.405. The van der Waals surface area contributed by atoms with Gasteiger partial charge in [-0.1, -0.05) is 50.2 Å². The van der Waals surface area contributed by atoms with Gasteiger partial charge in [-0.3, -0.25) is 28.8 Å². The number of allylic oxidation sites excluding steroid dienone is 2. The number of benzene rings is 1. The van der Waals surface area contributed by atoms with Crippen LogP contribution in [0.4, 0.5) is 13.2 Å². The lowest BCUT2D eigenvalue weighted by molar-refractivity contribution is -0.175. The van der Waals surface area contributed by atoms with Crippen molar-refractivity contribution in [2.45, 2.75) is 84.4 Å². The lowest BCUT2D eigenvalue weighted by Gasteiger charge is -2.27. The minimum absolute atomic E-state index is 0.115. The van der Waals surface area contributed by atoms with Crippen molar-refractivity contribution < 1.29 is 46.6 Å². The van der Waals surface area contributed by atoms with E-state index in [2.05, 4.69) is 22.5 Å². The molecule has 53 heavy (non-hydrogen) atoms. The molecule has 0 aliphatic heterocycles. The zero-order valence-corrected chi connectivity index (χ0v) is 31.2. The number of nitrogens with one attached hydrogen (secondary N) is 3. The molecule has 3 amide bonds. The Bertz CT molecular complexity index is 1810. The molecule has 12 nitrogen and oxygen atoms in total. The van der Waals surface area contributed by atoms with Gasteiger partial charge in [0.2, 0.25) is 11.8 Å². The van der Waals surface area contributed by atoms with Crippen LogP contribution in [0.2, 0.25) is 5.02 Å². The number of methoxy groups -OCH3 is 1. The fourth-order valence-corrected chi connectivity index (χ4v) is 4.94. The first-order chi connectivity index (χ1) is 24.6. The zero-order valence-electron chi connectivity index (χ0n) is 30.4. The van der Waals surface area contributed by atoms with Gasteiger partial charge >= 0.3 is 12.1 Å². The summed E-state index contributed by atoms with van der Waals surface area (Å²) in [6.45, 7) is 12.6. The van der Waals surface area contributed by atoms with E-state index >= 15 is 0 Å². The molecule has 0 saturated heterocycles. The second kappa shape index (κ2) is 19.1. The first kappa shape index (κ1) is 44.0. The van der Waals surface area contributed by atoms with Crippen molar-refractivity contribution in [2.75, 3.05) is 7.11 Å². The number of esters is 1. The van der Waals surface area contributed by atoms with Crippen LogP contribution in [0.15, 0.2) is 83.5 Å². The molecule has 2 aromatic rings. The first-order valence-corrected chi connectivity index (χ1v) is 16.7. The highest BCUT2D eigenvalue weighted by molar-refractivity contribution is 6.30. The molecule has 1 heterocycles. The number of aromatic nitrogens is 1. The summed E-state index contributed by atoms with van der Waals surface area (Å²) in [5.41, 5.74) is -1.33. The van der Waals surface area contributed by atoms with Crippen LogP contribution in [0.25, 0.3) is 0 Å². The van der Waals surface area contributed by atoms with Crippen LogP contribution in [0.3, 0.4) is 0 Å². The zero-order chi connectivity index (χ0) is 40.3. The van der Waals surface area contributed by atoms with E-state index in [-0.39, 0.29) is 17.6 Å². The fourth-order valence-electron chi connectivity index (χ4n) is 4.73. The molecule has 288 valence electrons. The van der Waals surface area contributed by atoms with Crippen molar-refractivity contribution in [1.82, 2.24) is 20.5 Å². The first-order valence-electron chi connectivity index (χ1n) is 16.3. The molecular formula is C37H44ClF3N4O8. The summed E-state index contributed by atoms with van der Waals surface area (Å²) >= 11 is 6.14. The third-order valence-corrected chi connectivity index (χ3v) is 7.59. The third kappa shape index (κ3) is 14.0. The molecule has 2 rings (SSSR count). The lowest BCUT2D eigenvalue weighted by Crippen LogP contribution is -2.58. The number of rotatable bonds is 16. The van der Waals surface area contributed by atoms with Crippen molar-refractivity contribution in [3.63, 3.8) is 0 Å². The number of carbonyl (C=O) groups is 5. The molecule has 0 spiro atoms. The van der Waals surface area contributed by atoms with Crippen LogP contribution in [-0.2, 0) is 41.6 Å². The van der Waals surface area contributed by atoms with Crippen LogP contribution in [-0.4, -0.2) is 71.1 Å². The number of hydrogen-bond donors (Lipinski definition) is 3. The number of pyridine rings is 1. The quantitative estimate of drug-likeness (QED) is 0.127. The van der Waals surface area contributed by atoms with Crippen molar-refractivity contribution >= 4 is 41.1 Å². The highest BCUT2D eigenvalue weighted by atomic mass is 35.5. The Hall–Kier alpha value is -5.18. The maximum absolute atomic E-state index is 13.9. The Kier molecular flexibility index (Phi) is 15.8. The van der Waals surface area contributed by atoms with Gasteiger partial charge in [-0.15, -0.1) is 0 Å². The second-order valence-electron chi connectivity index (χ2n) is 13.2. The van der Waals surface area contributed by atoms with E-state index in [1.54, 1.807) is 52.0 Å². The summed E-state index contributed by atoms with van der Waals surface area (Å²) in [6.07, 6.45) is -0.00307. The van der Waals surface area contributed by atoms with Crippen LogP contribution in [0, 0.1) is 5.92 Å². The summed E-state index contributed by atoms with van der Waals surface area (Å²) in [5.74, 6) is -6.60. The monoisotopic (exact) mass is 764 g/mol. The van der Waals surface area contributed by atoms with Gasteiger partial charge in [0.1, 0.15) is 30.0 Å². The maximum Gasteiger partial charge on any atom is 0.452 e. The predicted molar refractivity (Wildman–Crippen MR) is 192 cm³/mol. The number of carbonyl (C=O) groups excluding carboxylic acids is 5. The van der Waals surface area contributed by atoms with E-state index in [0.29, 0.717) is 16.3 Å². The Labute approximate surface area is 310 Å². The molecule has 1 aromatic carbocycles. The molecule has 16 heteroatoms. The average Bonchev–Trinajstić information content (AvgIpc) is 3.05. The van der Waals surface area contributed by atoms with Crippen LogP contribution >= 0.6 is 11.6 Å². The minimum Gasteiger partial charge on any atom is -0.497 e. The molecule has 0 radical (unpaired) electrons. The summed E-state index contributed by atoms with van der Waals surface area (Å²) in [5, 5.41) is 7.35. The predicted octanol–water partition coefficient (Wildman–Crippen LogP) is 4.60. The van der Waals surface area contributed by atoms with Crippen molar-refractivity contribution in [3.05, 3.63) is 105 Å². The topological polar surface area (TPSA) is 162 Å². The number of nitrogens with zero attached hydrogens (tertiary/aromatic N) is 1. The van der Waals surface area contributed by atoms with Gasteiger partial charge < -0.3 is 30.0 Å². The largest absolute Gasteiger partial charge is 0.497 e. The molecular weight excluding hydrogens is 721 g/mol. The molecule has 0 unspecified atom stereocenters. The summed E-state index contributed by atoms with van der Waals surface area (Å²) in [7, 11) is 1.37. The van der Waals surface area contributed by atoms with Crippen molar-refractivity contribution in [2.24, 2.45) is 5.92 Å². The number of Topliss-reactive ketones (excluding diaryl/α,β-unsaturated/α-hetero) is 1. The number of ketones is 1. The number of amides is 3. The van der Waals surface area contributed by atoms with Crippen LogP contribution in [0.1, 0.15) is 57.5 Å². The minimum atomic E-state index is -5.26. The van der Waals surface area contributed by atoms with Gasteiger partial charge in [-0.05, 0) is 75.1 Å². The summed E-state index contributed by atoms with van der Waals surface area (Å²) in [6, 6.07) is 3.31. The van der Waals surface area contributed by atoms with E-state index < -0.39 is 77.4 Å². The number of ether oxygens (including phenoxy) is 2. The Morgan fingerprint density at radius 3 is 2.17 bits per heavy atom. The molecule has 0 saturated carbocycles. The Balaban J connectivity index is 2.50. The normalized spacial score (nSPS) is 13.8. The van der Waals surface area contributed by atoms with E-state index in [1.807, 2.05) is 0 Å². The van der Waals surface area contributed by atoms with Crippen molar-refractivity contribution in [3.8, 4) is 0 Å². The number of hydrogen-bond acceptors (Lipinski definition) is 8. The van der Waals surface area contributed by atoms with Gasteiger partial charge in [-0.2, -0.15) is 13.2 Å². The van der Waals surface area contributed by atoms with Gasteiger partial charge in [-0.25, -0.2) is 0 Å². The highest BCUT2D eigenvalue weighted by Crippen LogP contribution is 2.22. The molecule has 0 fully saturated rings. The van der Waals surface area contributed by atoms with Gasteiger partial charge in [0, 0.05) is 29.3 Å². The van der Waals surface area contributed by atoms with Crippen LogP contribution < -0.4 is 21.5 Å². The SMILES string of the molecule is C=C(/C=C\C(=C/C)OC)[C@H](NC(=O)[C@H](Cc1cccc(Cl)c1)NC(=O)c1ccn(CC(=O)OC(C)(C)C)c(=O)c1)C(=O)N[C@H](C(=O)C(F)(F)F)C(C)C. The maximum atomic E-state index is 13.9. The Morgan fingerprint density at radius 2 is 1.64 bits per heavy atom. The standard InChI is InChI=1S/C37H44ClF3N4O8/c1-9-26(52-8)14-13-22(4)31(35(51)43-30(21(2)3)32(48)37(39,40)41)44-34(50)27(18-23-11-10-12-25(38)17-23)42-33(49)24-15-16-45(28(46)19-24)20-29(47)53-36(5,6)7/h9-17,19,21,27,30-31H,4,18,20H2,1-3,5-8H3,(H,42,49)(H,43,51)(H,44,50)/b14-13-,26-9+/t27-,30-,31-/m0/s1.